The van der Waals surface area contributed by atoms with Gasteiger partial charge in [0.2, 0.25) is 0 Å². The van der Waals surface area contributed by atoms with Gasteiger partial charge in [0.25, 0.3) is 0 Å². The van der Waals surface area contributed by atoms with Crippen molar-refractivity contribution in [2.75, 3.05) is 7.11 Å². The largest absolute Gasteiger partial charge is 0.491 e. The van der Waals surface area contributed by atoms with E-state index in [2.05, 4.69) is 20.7 Å². The van der Waals surface area contributed by atoms with Crippen LogP contribution < -0.4 is 4.74 Å². The zero-order valence-corrected chi connectivity index (χ0v) is 9.36. The summed E-state index contributed by atoms with van der Waals surface area (Å²) in [7, 11) is 1.23. The van der Waals surface area contributed by atoms with Gasteiger partial charge in [0.15, 0.2) is 17.4 Å². The topological polar surface area (TPSA) is 9.23 Å². The first kappa shape index (κ1) is 11.2. The maximum absolute atomic E-state index is 13.2. The van der Waals surface area contributed by atoms with Crippen LogP contribution in [0.1, 0.15) is 12.5 Å². The molecular weight excluding hydrogens is 254 g/mol. The number of rotatable bonds is 2. The van der Waals surface area contributed by atoms with Gasteiger partial charge in [-0.25, -0.2) is 8.78 Å². The third-order valence-corrected chi connectivity index (χ3v) is 2.51. The molecule has 1 aromatic carbocycles. The molecule has 0 heterocycles. The maximum Gasteiger partial charge on any atom is 0.190 e. The predicted molar refractivity (Wildman–Crippen MR) is 55.5 cm³/mol. The Morgan fingerprint density at radius 1 is 1.36 bits per heavy atom. The summed E-state index contributed by atoms with van der Waals surface area (Å²) in [6, 6.07) is 2.46. The average Bonchev–Trinajstić information content (AvgIpc) is 2.16. The Kier molecular flexibility index (Phi) is 3.63. The molecule has 0 spiro atoms. The number of methoxy groups -OCH3 is 1. The van der Waals surface area contributed by atoms with Gasteiger partial charge in [-0.2, -0.15) is 0 Å². The second-order valence-electron chi connectivity index (χ2n) is 2.77. The second kappa shape index (κ2) is 4.55. The average molecular weight is 263 g/mol. The standard InChI is InChI=1S/C10H9BrF2O/c1-6(5-11)7-3-8(12)10(14-2)9(13)4-7/h3-5H,1-2H3/b6-5+. The molecule has 76 valence electrons. The van der Waals surface area contributed by atoms with E-state index in [0.29, 0.717) is 5.56 Å². The van der Waals surface area contributed by atoms with Gasteiger partial charge in [0, 0.05) is 0 Å². The van der Waals surface area contributed by atoms with Crippen molar-refractivity contribution in [1.82, 2.24) is 0 Å². The van der Waals surface area contributed by atoms with Crippen LogP contribution in [-0.4, -0.2) is 7.11 Å². The van der Waals surface area contributed by atoms with Crippen LogP contribution in [0.25, 0.3) is 5.57 Å². The van der Waals surface area contributed by atoms with Gasteiger partial charge in [-0.15, -0.1) is 0 Å². The normalized spacial score (nSPS) is 11.6. The Labute approximate surface area is 89.5 Å². The van der Waals surface area contributed by atoms with Crippen molar-refractivity contribution < 1.29 is 13.5 Å². The lowest BCUT2D eigenvalue weighted by Crippen LogP contribution is -1.94. The van der Waals surface area contributed by atoms with Crippen molar-refractivity contribution in [3.8, 4) is 5.75 Å². The van der Waals surface area contributed by atoms with Crippen LogP contribution in [0.5, 0.6) is 5.75 Å². The Morgan fingerprint density at radius 2 is 1.86 bits per heavy atom. The van der Waals surface area contributed by atoms with Gasteiger partial charge in [-0.3, -0.25) is 0 Å². The van der Waals surface area contributed by atoms with E-state index in [1.54, 1.807) is 11.9 Å². The fraction of sp³-hybridized carbons (Fsp3) is 0.200. The minimum atomic E-state index is -0.698. The molecule has 0 radical (unpaired) electrons. The van der Waals surface area contributed by atoms with E-state index in [-0.39, 0.29) is 5.75 Å². The molecule has 1 rings (SSSR count). The number of allylic oxidation sites excluding steroid dienone is 1. The summed E-state index contributed by atoms with van der Waals surface area (Å²) in [6.07, 6.45) is 0. The van der Waals surface area contributed by atoms with Crippen LogP contribution in [0.4, 0.5) is 8.78 Å². The molecule has 0 unspecified atom stereocenters. The molecule has 0 amide bonds. The van der Waals surface area contributed by atoms with Crippen molar-refractivity contribution in [2.24, 2.45) is 0 Å². The highest BCUT2D eigenvalue weighted by Crippen LogP contribution is 2.26. The van der Waals surface area contributed by atoms with Crippen molar-refractivity contribution in [3.05, 3.63) is 34.3 Å². The second-order valence-corrected chi connectivity index (χ2v) is 3.22. The highest BCUT2D eigenvalue weighted by Gasteiger charge is 2.11. The fourth-order valence-corrected chi connectivity index (χ4v) is 1.31. The molecule has 0 aliphatic carbocycles. The highest BCUT2D eigenvalue weighted by atomic mass is 79.9. The van der Waals surface area contributed by atoms with Crippen molar-refractivity contribution in [1.29, 1.82) is 0 Å². The smallest absolute Gasteiger partial charge is 0.190 e. The fourth-order valence-electron chi connectivity index (χ4n) is 1.05. The highest BCUT2D eigenvalue weighted by molar-refractivity contribution is 9.11. The number of hydrogen-bond acceptors (Lipinski definition) is 1. The molecule has 0 aliphatic heterocycles. The molecule has 0 N–H and O–H groups in total. The summed E-state index contributed by atoms with van der Waals surface area (Å²) in [5, 5.41) is 0. The zero-order chi connectivity index (χ0) is 10.7. The van der Waals surface area contributed by atoms with Crippen molar-refractivity contribution in [3.63, 3.8) is 0 Å². The summed E-state index contributed by atoms with van der Waals surface area (Å²) in [5.41, 5.74) is 1.23. The number of ether oxygens (including phenoxy) is 1. The summed E-state index contributed by atoms with van der Waals surface area (Å²) < 4.78 is 31.0. The van der Waals surface area contributed by atoms with E-state index in [1.807, 2.05) is 0 Å². The number of halogens is 3. The Morgan fingerprint density at radius 3 is 2.21 bits per heavy atom. The molecule has 1 nitrogen and oxygen atoms in total. The molecule has 0 saturated carbocycles. The molecule has 0 atom stereocenters. The van der Waals surface area contributed by atoms with Gasteiger partial charge in [0.1, 0.15) is 0 Å². The quantitative estimate of drug-likeness (QED) is 0.789. The molecule has 0 bridgehead atoms. The summed E-state index contributed by atoms with van der Waals surface area (Å²) in [6.45, 7) is 1.75. The molecule has 0 aromatic heterocycles. The van der Waals surface area contributed by atoms with Crippen molar-refractivity contribution >= 4 is 21.5 Å². The van der Waals surface area contributed by atoms with E-state index < -0.39 is 11.6 Å². The molecule has 0 fully saturated rings. The van der Waals surface area contributed by atoms with Crippen LogP contribution in [0.3, 0.4) is 0 Å². The lowest BCUT2D eigenvalue weighted by atomic mass is 10.1. The lowest BCUT2D eigenvalue weighted by molar-refractivity contribution is 0.359. The van der Waals surface area contributed by atoms with Gasteiger partial charge in [0.05, 0.1) is 7.11 Å². The van der Waals surface area contributed by atoms with Crippen LogP contribution in [-0.2, 0) is 0 Å². The number of hydrogen-bond donors (Lipinski definition) is 0. The van der Waals surface area contributed by atoms with Gasteiger partial charge in [-0.1, -0.05) is 15.9 Å². The first-order valence-electron chi connectivity index (χ1n) is 3.90. The van der Waals surface area contributed by atoms with E-state index in [9.17, 15) is 8.78 Å². The van der Waals surface area contributed by atoms with E-state index in [1.165, 1.54) is 19.2 Å². The molecule has 0 aliphatic rings. The van der Waals surface area contributed by atoms with Crippen molar-refractivity contribution in [2.45, 2.75) is 6.92 Å². The summed E-state index contributed by atoms with van der Waals surface area (Å²) in [4.78, 5) is 1.60. The minimum Gasteiger partial charge on any atom is -0.491 e. The van der Waals surface area contributed by atoms with Gasteiger partial charge in [-0.05, 0) is 35.2 Å². The SMILES string of the molecule is COc1c(F)cc(/C(C)=C/Br)cc1F. The number of benzene rings is 1. The lowest BCUT2D eigenvalue weighted by Gasteiger charge is -2.06. The monoisotopic (exact) mass is 262 g/mol. The predicted octanol–water partition coefficient (Wildman–Crippen LogP) is 3.73. The Bertz CT molecular complexity index is 351. The third-order valence-electron chi connectivity index (χ3n) is 1.82. The molecule has 4 heteroatoms. The molecule has 14 heavy (non-hydrogen) atoms. The molecule has 0 saturated heterocycles. The van der Waals surface area contributed by atoms with Crippen LogP contribution in [0, 0.1) is 11.6 Å². The first-order valence-corrected chi connectivity index (χ1v) is 4.82. The Balaban J connectivity index is 3.27. The van der Waals surface area contributed by atoms with Gasteiger partial charge >= 0.3 is 0 Å². The zero-order valence-electron chi connectivity index (χ0n) is 7.77. The summed E-state index contributed by atoms with van der Waals surface area (Å²) in [5.74, 6) is -1.75. The first-order chi connectivity index (χ1) is 6.60. The van der Waals surface area contributed by atoms with Crippen LogP contribution in [0.2, 0.25) is 0 Å². The molecular formula is C10H9BrF2O. The van der Waals surface area contributed by atoms with Crippen LogP contribution >= 0.6 is 15.9 Å². The van der Waals surface area contributed by atoms with Gasteiger partial charge < -0.3 is 4.74 Å². The minimum absolute atomic E-state index is 0.351. The summed E-state index contributed by atoms with van der Waals surface area (Å²) >= 11 is 3.10. The Hall–Kier alpha value is -0.900. The van der Waals surface area contributed by atoms with E-state index in [0.717, 1.165) is 5.57 Å². The maximum atomic E-state index is 13.2. The molecule has 1 aromatic rings. The third kappa shape index (κ3) is 2.12. The van der Waals surface area contributed by atoms with Crippen LogP contribution in [0.15, 0.2) is 17.1 Å². The van der Waals surface area contributed by atoms with E-state index in [4.69, 9.17) is 0 Å². The van der Waals surface area contributed by atoms with E-state index >= 15 is 0 Å².